The summed E-state index contributed by atoms with van der Waals surface area (Å²) in [5.41, 5.74) is 21.6. The van der Waals surface area contributed by atoms with Gasteiger partial charge < -0.3 is 9.80 Å². The summed E-state index contributed by atoms with van der Waals surface area (Å²) in [6.07, 6.45) is 10.1. The van der Waals surface area contributed by atoms with Crippen LogP contribution < -0.4 is 9.80 Å². The van der Waals surface area contributed by atoms with E-state index in [1.54, 1.807) is 0 Å². The third-order valence-corrected chi connectivity index (χ3v) is 13.3. The van der Waals surface area contributed by atoms with Gasteiger partial charge in [-0.05, 0) is 128 Å². The van der Waals surface area contributed by atoms with Crippen LogP contribution in [0.2, 0.25) is 0 Å². The van der Waals surface area contributed by atoms with Crippen LogP contribution in [0.4, 0.5) is 28.4 Å². The molecule has 0 N–H and O–H groups in total. The van der Waals surface area contributed by atoms with E-state index in [0.29, 0.717) is 0 Å². The summed E-state index contributed by atoms with van der Waals surface area (Å²) in [4.78, 5) is 4.81. The topological polar surface area (TPSA) is 6.48 Å². The normalized spacial score (nSPS) is 13.5. The van der Waals surface area contributed by atoms with Crippen molar-refractivity contribution in [3.8, 4) is 44.5 Å². The minimum atomic E-state index is -0.105. The zero-order valence-electron chi connectivity index (χ0n) is 37.4. The maximum atomic E-state index is 2.46. The van der Waals surface area contributed by atoms with Gasteiger partial charge >= 0.3 is 0 Å². The first kappa shape index (κ1) is 40.6. The molecule has 11 rings (SSSR count). The molecule has 0 aromatic heterocycles. The third-order valence-electron chi connectivity index (χ3n) is 13.3. The van der Waals surface area contributed by atoms with E-state index in [9.17, 15) is 0 Å². The molecule has 2 nitrogen and oxygen atoms in total. The van der Waals surface area contributed by atoms with Gasteiger partial charge in [0.05, 0.1) is 5.69 Å². The zero-order chi connectivity index (χ0) is 44.5. The lowest BCUT2D eigenvalue weighted by Crippen LogP contribution is -2.18. The van der Waals surface area contributed by atoms with Crippen molar-refractivity contribution >= 4 is 34.0 Å². The molecule has 0 unspecified atom stereocenters. The molecule has 2 heteroatoms. The standard InChI is InChI=1S/C64H50N2/c1-64(2)60-25-13-12-24-59(60)63-61(64)26-15-27-62(63)66(54-23-14-22-49(28-37-54)46-16-6-3-7-17-46)58-44-35-53(36-45-58)52-33-42-57(43-34-52)65(55-38-29-50(30-39-55)47-18-8-4-9-19-47)56-40-31-51(32-41-56)48-20-10-5-11-21-48/h3-13,15-45H,14H2,1-2H3. The van der Waals surface area contributed by atoms with Gasteiger partial charge in [-0.1, -0.05) is 208 Å². The van der Waals surface area contributed by atoms with Crippen LogP contribution >= 0.6 is 0 Å². The average molecular weight is 847 g/mol. The zero-order valence-corrected chi connectivity index (χ0v) is 37.4. The lowest BCUT2D eigenvalue weighted by molar-refractivity contribution is 0.660. The fraction of sp³-hybridized carbons (Fsp3) is 0.0625. The molecular weight excluding hydrogens is 797 g/mol. The highest BCUT2D eigenvalue weighted by molar-refractivity contribution is 5.94. The van der Waals surface area contributed by atoms with Gasteiger partial charge in [0.1, 0.15) is 0 Å². The minimum absolute atomic E-state index is 0.105. The van der Waals surface area contributed by atoms with Gasteiger partial charge in [0.2, 0.25) is 0 Å². The number of benzene rings is 9. The quantitative estimate of drug-likeness (QED) is 0.135. The lowest BCUT2D eigenvalue weighted by Gasteiger charge is -2.30. The van der Waals surface area contributed by atoms with Crippen molar-refractivity contribution in [1.29, 1.82) is 0 Å². The molecule has 0 atom stereocenters. The van der Waals surface area contributed by atoms with Crippen LogP contribution in [0.5, 0.6) is 0 Å². The summed E-state index contributed by atoms with van der Waals surface area (Å²) in [5, 5.41) is 0. The first-order valence-electron chi connectivity index (χ1n) is 23.0. The molecule has 66 heavy (non-hydrogen) atoms. The van der Waals surface area contributed by atoms with E-state index in [2.05, 4.69) is 278 Å². The molecule has 316 valence electrons. The van der Waals surface area contributed by atoms with Gasteiger partial charge in [-0.2, -0.15) is 0 Å². The van der Waals surface area contributed by atoms with Crippen molar-refractivity contribution in [3.05, 3.63) is 277 Å². The van der Waals surface area contributed by atoms with E-state index in [1.807, 2.05) is 0 Å². The number of fused-ring (bicyclic) bond motifs is 3. The van der Waals surface area contributed by atoms with Crippen LogP contribution in [-0.4, -0.2) is 0 Å². The van der Waals surface area contributed by atoms with E-state index in [4.69, 9.17) is 0 Å². The number of rotatable bonds is 10. The molecule has 0 spiro atoms. The van der Waals surface area contributed by atoms with Crippen LogP contribution in [0.1, 0.15) is 37.0 Å². The summed E-state index contributed by atoms with van der Waals surface area (Å²) in [5.74, 6) is 0. The molecule has 0 saturated heterocycles. The molecule has 2 aliphatic carbocycles. The van der Waals surface area contributed by atoms with E-state index in [0.717, 1.165) is 40.4 Å². The van der Waals surface area contributed by atoms with Gasteiger partial charge in [-0.15, -0.1) is 0 Å². The smallest absolute Gasteiger partial charge is 0.0543 e. The summed E-state index contributed by atoms with van der Waals surface area (Å²) in [7, 11) is 0. The Bertz CT molecular complexity index is 3150. The second-order valence-electron chi connectivity index (χ2n) is 17.7. The highest BCUT2D eigenvalue weighted by Gasteiger charge is 2.37. The highest BCUT2D eigenvalue weighted by atomic mass is 15.2. The van der Waals surface area contributed by atoms with Crippen molar-refractivity contribution in [2.75, 3.05) is 9.80 Å². The number of hydrogen-bond donors (Lipinski definition) is 0. The van der Waals surface area contributed by atoms with Crippen LogP contribution in [-0.2, 0) is 5.41 Å². The Hall–Kier alpha value is -8.20. The molecule has 0 heterocycles. The van der Waals surface area contributed by atoms with E-state index >= 15 is 0 Å². The number of nitrogens with zero attached hydrogens (tertiary/aromatic N) is 2. The Labute approximate surface area is 389 Å². The van der Waals surface area contributed by atoms with Crippen LogP contribution in [0.3, 0.4) is 0 Å². The average Bonchev–Trinajstić information content (AvgIpc) is 3.48. The van der Waals surface area contributed by atoms with Crippen molar-refractivity contribution in [2.24, 2.45) is 0 Å². The van der Waals surface area contributed by atoms with Gasteiger partial charge in [-0.3, -0.25) is 0 Å². The summed E-state index contributed by atoms with van der Waals surface area (Å²) >= 11 is 0. The van der Waals surface area contributed by atoms with Crippen molar-refractivity contribution < 1.29 is 0 Å². The summed E-state index contributed by atoms with van der Waals surface area (Å²) < 4.78 is 0. The van der Waals surface area contributed by atoms with E-state index in [-0.39, 0.29) is 5.41 Å². The van der Waals surface area contributed by atoms with Gasteiger partial charge in [-0.25, -0.2) is 0 Å². The first-order chi connectivity index (χ1) is 32.5. The predicted molar refractivity (Wildman–Crippen MR) is 280 cm³/mol. The summed E-state index contributed by atoms with van der Waals surface area (Å²) in [6.45, 7) is 4.71. The molecule has 2 aliphatic rings. The SMILES string of the molecule is CC1(C)c2ccccc2-c2c(N(C3=CCC=C(c4ccccc4)C=C3)c3ccc(-c4ccc(N(c5ccc(-c6ccccc6)cc5)c5ccc(-c6ccccc6)cc5)cc4)cc3)cccc21. The maximum absolute atomic E-state index is 2.46. The van der Waals surface area contributed by atoms with Crippen molar-refractivity contribution in [3.63, 3.8) is 0 Å². The molecule has 0 saturated carbocycles. The second kappa shape index (κ2) is 17.4. The second-order valence-corrected chi connectivity index (χ2v) is 17.7. The Morgan fingerprint density at radius 1 is 0.333 bits per heavy atom. The Balaban J connectivity index is 0.944. The Morgan fingerprint density at radius 2 is 0.742 bits per heavy atom. The number of anilines is 5. The molecule has 0 radical (unpaired) electrons. The van der Waals surface area contributed by atoms with E-state index in [1.165, 1.54) is 66.9 Å². The van der Waals surface area contributed by atoms with Crippen molar-refractivity contribution in [2.45, 2.75) is 25.7 Å². The molecule has 0 amide bonds. The number of allylic oxidation sites excluding steroid dienone is 5. The largest absolute Gasteiger partial charge is 0.311 e. The van der Waals surface area contributed by atoms with Crippen LogP contribution in [0, 0.1) is 0 Å². The molecular formula is C64H50N2. The molecule has 9 aromatic carbocycles. The Morgan fingerprint density at radius 3 is 1.24 bits per heavy atom. The first-order valence-corrected chi connectivity index (χ1v) is 23.0. The maximum Gasteiger partial charge on any atom is 0.0543 e. The predicted octanol–water partition coefficient (Wildman–Crippen LogP) is 17.5. The van der Waals surface area contributed by atoms with Crippen molar-refractivity contribution in [1.82, 2.24) is 0 Å². The minimum Gasteiger partial charge on any atom is -0.311 e. The fourth-order valence-corrected chi connectivity index (χ4v) is 9.90. The third kappa shape index (κ3) is 7.67. The van der Waals surface area contributed by atoms with Gasteiger partial charge in [0, 0.05) is 39.4 Å². The van der Waals surface area contributed by atoms with Crippen LogP contribution in [0.15, 0.2) is 261 Å². The van der Waals surface area contributed by atoms with Gasteiger partial charge in [0.25, 0.3) is 0 Å². The molecule has 0 aliphatic heterocycles. The molecule has 0 bridgehead atoms. The monoisotopic (exact) mass is 846 g/mol. The lowest BCUT2D eigenvalue weighted by atomic mass is 9.82. The van der Waals surface area contributed by atoms with Crippen LogP contribution in [0.25, 0.3) is 50.1 Å². The highest BCUT2D eigenvalue weighted by Crippen LogP contribution is 2.53. The Kier molecular flexibility index (Phi) is 10.7. The molecule has 0 fully saturated rings. The summed E-state index contributed by atoms with van der Waals surface area (Å²) in [6, 6.07) is 83.5. The fourth-order valence-electron chi connectivity index (χ4n) is 9.90. The van der Waals surface area contributed by atoms with Gasteiger partial charge in [0.15, 0.2) is 0 Å². The number of hydrogen-bond acceptors (Lipinski definition) is 2. The molecule has 9 aromatic rings. The van der Waals surface area contributed by atoms with E-state index < -0.39 is 0 Å².